The number of aliphatic imine (C=N–C) groups is 1. The summed E-state index contributed by atoms with van der Waals surface area (Å²) >= 11 is 4.45. The fourth-order valence-electron chi connectivity index (χ4n) is 3.94. The molecular formula is C22H31BrFN3O5SSi. The highest BCUT2D eigenvalue weighted by Crippen LogP contribution is 2.67. The van der Waals surface area contributed by atoms with Crippen molar-refractivity contribution in [2.45, 2.75) is 49.3 Å². The Morgan fingerprint density at radius 3 is 2.74 bits per heavy atom. The molecule has 0 aromatic heterocycles. The molecule has 1 N–H and O–H groups in total. The summed E-state index contributed by atoms with van der Waals surface area (Å²) in [5, 5.41) is 3.68. The number of ether oxygens (including phenoxy) is 2. The maximum absolute atomic E-state index is 14.9. The average molecular weight is 577 g/mol. The highest BCUT2D eigenvalue weighted by Gasteiger charge is 2.72. The fourth-order valence-corrected chi connectivity index (χ4v) is 6.56. The number of carbonyl (C=O) groups excluding carboxylic acids is 2. The van der Waals surface area contributed by atoms with Crippen molar-refractivity contribution in [1.29, 1.82) is 0 Å². The van der Waals surface area contributed by atoms with Crippen molar-refractivity contribution in [2.75, 3.05) is 27.5 Å². The zero-order valence-corrected chi connectivity index (χ0v) is 23.6. The Balaban J connectivity index is 1.80. The summed E-state index contributed by atoms with van der Waals surface area (Å²) in [6.07, 6.45) is -0.317. The van der Waals surface area contributed by atoms with Gasteiger partial charge in [0.15, 0.2) is 0 Å². The summed E-state index contributed by atoms with van der Waals surface area (Å²) in [7, 11) is 1.68. The number of benzene rings is 1. The van der Waals surface area contributed by atoms with Crippen LogP contribution in [0.25, 0.3) is 0 Å². The SMILES string of the molecule is CON(C)C(=O)[C@]12C[C@H]1[C@@](C)(c1cc(Br)ccc1F)N=C(OC(=O)NCOCC[Si](C)(C)C)S2. The third-order valence-electron chi connectivity index (χ3n) is 6.07. The Bertz CT molecular complexity index is 994. The van der Waals surface area contributed by atoms with Crippen LogP contribution >= 0.6 is 27.7 Å². The van der Waals surface area contributed by atoms with Gasteiger partial charge in [0.05, 0.1) is 12.6 Å². The number of hydrogen-bond acceptors (Lipinski definition) is 7. The van der Waals surface area contributed by atoms with Gasteiger partial charge in [0.25, 0.3) is 11.1 Å². The molecule has 1 saturated carbocycles. The number of halogens is 2. The second-order valence-corrected chi connectivity index (χ2v) is 17.6. The minimum atomic E-state index is -1.23. The average Bonchev–Trinajstić information content (AvgIpc) is 3.50. The molecule has 1 heterocycles. The highest BCUT2D eigenvalue weighted by molar-refractivity contribution is 9.10. The first-order valence-electron chi connectivity index (χ1n) is 10.9. The van der Waals surface area contributed by atoms with E-state index in [9.17, 15) is 14.0 Å². The van der Waals surface area contributed by atoms with E-state index in [0.717, 1.165) is 22.9 Å². The Kier molecular flexibility index (Phi) is 8.18. The van der Waals surface area contributed by atoms with Crippen LogP contribution in [0.3, 0.4) is 0 Å². The van der Waals surface area contributed by atoms with Crippen molar-refractivity contribution in [3.63, 3.8) is 0 Å². The number of hydrogen-bond donors (Lipinski definition) is 1. The Labute approximate surface area is 213 Å². The molecule has 8 nitrogen and oxygen atoms in total. The second-order valence-electron chi connectivity index (χ2n) is 9.81. The van der Waals surface area contributed by atoms with Crippen molar-refractivity contribution in [2.24, 2.45) is 10.9 Å². The van der Waals surface area contributed by atoms with Gasteiger partial charge in [-0.2, -0.15) is 0 Å². The third kappa shape index (κ3) is 5.84. The van der Waals surface area contributed by atoms with Gasteiger partial charge in [-0.25, -0.2) is 19.2 Å². The molecule has 0 saturated heterocycles. The zero-order chi connectivity index (χ0) is 25.3. The molecule has 1 fully saturated rings. The molecule has 0 spiro atoms. The van der Waals surface area contributed by atoms with Crippen molar-refractivity contribution in [1.82, 2.24) is 10.4 Å². The van der Waals surface area contributed by atoms with Gasteiger partial charge in [-0.3, -0.25) is 14.9 Å². The fraction of sp³-hybridized carbons (Fsp3) is 0.591. The first kappa shape index (κ1) is 27.1. The monoisotopic (exact) mass is 575 g/mol. The molecule has 0 bridgehead atoms. The van der Waals surface area contributed by atoms with E-state index in [-0.39, 0.29) is 23.8 Å². The summed E-state index contributed by atoms with van der Waals surface area (Å²) < 4.78 is 25.6. The molecular weight excluding hydrogens is 545 g/mol. The van der Waals surface area contributed by atoms with E-state index >= 15 is 0 Å². The van der Waals surface area contributed by atoms with Gasteiger partial charge in [0.1, 0.15) is 17.3 Å². The van der Waals surface area contributed by atoms with E-state index in [2.05, 4.69) is 45.9 Å². The molecule has 1 aromatic carbocycles. The molecule has 0 unspecified atom stereocenters. The van der Waals surface area contributed by atoms with Crippen molar-refractivity contribution < 1.29 is 28.3 Å². The predicted molar refractivity (Wildman–Crippen MR) is 136 cm³/mol. The van der Waals surface area contributed by atoms with E-state index in [0.29, 0.717) is 23.1 Å². The van der Waals surface area contributed by atoms with Gasteiger partial charge in [-0.1, -0.05) is 35.6 Å². The zero-order valence-electron chi connectivity index (χ0n) is 20.2. The third-order valence-corrected chi connectivity index (χ3v) is 9.61. The van der Waals surface area contributed by atoms with Crippen LogP contribution in [0.1, 0.15) is 18.9 Å². The number of thioether (sulfide) groups is 1. The summed E-state index contributed by atoms with van der Waals surface area (Å²) in [5.74, 6) is -1.05. The van der Waals surface area contributed by atoms with Crippen molar-refractivity contribution >= 4 is 53.0 Å². The first-order valence-corrected chi connectivity index (χ1v) is 16.2. The van der Waals surface area contributed by atoms with Crippen LogP contribution in [0.4, 0.5) is 9.18 Å². The Morgan fingerprint density at radius 2 is 2.09 bits per heavy atom. The molecule has 1 aromatic rings. The Morgan fingerprint density at radius 1 is 1.38 bits per heavy atom. The number of nitrogens with one attached hydrogen (secondary N) is 1. The summed E-state index contributed by atoms with van der Waals surface area (Å²) in [5.41, 5.74) is -0.801. The van der Waals surface area contributed by atoms with E-state index in [4.69, 9.17) is 14.3 Å². The smallest absolute Gasteiger partial charge is 0.385 e. The van der Waals surface area contributed by atoms with Crippen LogP contribution in [0, 0.1) is 11.7 Å². The maximum atomic E-state index is 14.9. The molecule has 0 radical (unpaired) electrons. The Hall–Kier alpha value is -1.47. The lowest BCUT2D eigenvalue weighted by Gasteiger charge is -2.34. The first-order chi connectivity index (χ1) is 15.8. The molecule has 1 aliphatic carbocycles. The minimum Gasteiger partial charge on any atom is -0.385 e. The van der Waals surface area contributed by atoms with Crippen LogP contribution < -0.4 is 5.32 Å². The number of hydroxylamine groups is 2. The van der Waals surface area contributed by atoms with E-state index in [1.807, 2.05) is 0 Å². The van der Waals surface area contributed by atoms with Gasteiger partial charge >= 0.3 is 6.09 Å². The topological polar surface area (TPSA) is 89.5 Å². The van der Waals surface area contributed by atoms with E-state index < -0.39 is 30.3 Å². The minimum absolute atomic E-state index is 0.00208. The molecule has 12 heteroatoms. The number of amides is 2. The molecule has 1 aliphatic heterocycles. The maximum Gasteiger partial charge on any atom is 0.416 e. The largest absolute Gasteiger partial charge is 0.416 e. The normalized spacial score (nSPS) is 25.8. The van der Waals surface area contributed by atoms with Crippen LogP contribution in [-0.2, 0) is 24.6 Å². The lowest BCUT2D eigenvalue weighted by molar-refractivity contribution is -0.169. The summed E-state index contributed by atoms with van der Waals surface area (Å²) in [4.78, 5) is 35.3. The lowest BCUT2D eigenvalue weighted by Crippen LogP contribution is -2.44. The van der Waals surface area contributed by atoms with Crippen LogP contribution in [0.15, 0.2) is 27.7 Å². The number of rotatable bonds is 8. The van der Waals surface area contributed by atoms with Gasteiger partial charge in [-0.15, -0.1) is 0 Å². The van der Waals surface area contributed by atoms with Crippen molar-refractivity contribution in [3.8, 4) is 0 Å². The van der Waals surface area contributed by atoms with Gasteiger partial charge in [0, 0.05) is 37.7 Å². The van der Waals surface area contributed by atoms with Gasteiger partial charge in [0.2, 0.25) is 0 Å². The molecule has 188 valence electrons. The van der Waals surface area contributed by atoms with E-state index in [1.54, 1.807) is 19.1 Å². The van der Waals surface area contributed by atoms with Crippen molar-refractivity contribution in [3.05, 3.63) is 34.1 Å². The van der Waals surface area contributed by atoms with E-state index in [1.165, 1.54) is 20.2 Å². The quantitative estimate of drug-likeness (QED) is 0.209. The molecule has 3 rings (SSSR count). The number of fused-ring (bicyclic) bond motifs is 1. The number of carbonyl (C=O) groups is 2. The van der Waals surface area contributed by atoms with Crippen LogP contribution in [-0.4, -0.2) is 62.6 Å². The molecule has 2 amide bonds. The van der Waals surface area contributed by atoms with Gasteiger partial charge in [-0.05, 0) is 49.3 Å². The molecule has 2 aliphatic rings. The van der Waals surface area contributed by atoms with Gasteiger partial charge < -0.3 is 9.47 Å². The van der Waals surface area contributed by atoms with Crippen LogP contribution in [0.2, 0.25) is 25.7 Å². The second kappa shape index (κ2) is 10.3. The molecule has 3 atom stereocenters. The summed E-state index contributed by atoms with van der Waals surface area (Å²) in [6, 6.07) is 5.56. The van der Waals surface area contributed by atoms with Crippen LogP contribution in [0.5, 0.6) is 0 Å². The molecule has 34 heavy (non-hydrogen) atoms. The standard InChI is InChI=1S/C22H31BrFN3O5SSi/c1-21(15-11-14(23)7-8-16(15)24)17-12-22(17,18(28)27(2)30-3)33-20(26-21)32-19(29)25-13-31-9-10-34(4,5)6/h7-8,11,17H,9-10,12-13H2,1-6H3,(H,25,29)/t17-,21+,22-/m0/s1. The summed E-state index contributed by atoms with van der Waals surface area (Å²) in [6.45, 7) is 9.03. The number of alkyl carbamates (subject to hydrolysis) is 1. The lowest BCUT2D eigenvalue weighted by atomic mass is 9.85. The highest BCUT2D eigenvalue weighted by atomic mass is 79.9. The predicted octanol–water partition coefficient (Wildman–Crippen LogP) is 4.72. The number of nitrogens with zero attached hydrogens (tertiary/aromatic N) is 2.